The minimum Gasteiger partial charge on any atom is -0.480 e. The first-order valence-corrected chi connectivity index (χ1v) is 8.67. The summed E-state index contributed by atoms with van der Waals surface area (Å²) >= 11 is 0. The summed E-state index contributed by atoms with van der Waals surface area (Å²) in [4.78, 5) is 24.8. The molecule has 2 amide bonds. The van der Waals surface area contributed by atoms with Crippen LogP contribution in [0.4, 0.5) is 4.79 Å². The lowest BCUT2D eigenvalue weighted by Crippen LogP contribution is -2.57. The number of rotatable bonds is 8. The van der Waals surface area contributed by atoms with Crippen LogP contribution in [-0.4, -0.2) is 64.9 Å². The molecule has 0 aromatic rings. The van der Waals surface area contributed by atoms with E-state index in [1.54, 1.807) is 0 Å². The molecular formula is C16H29N3O4. The van der Waals surface area contributed by atoms with Crippen LogP contribution in [0.25, 0.3) is 0 Å². The van der Waals surface area contributed by atoms with Gasteiger partial charge in [-0.2, -0.15) is 0 Å². The molecule has 23 heavy (non-hydrogen) atoms. The number of amides is 2. The highest BCUT2D eigenvalue weighted by molar-refractivity contribution is 5.74. The maximum atomic E-state index is 12.1. The largest absolute Gasteiger partial charge is 0.480 e. The van der Waals surface area contributed by atoms with E-state index in [0.717, 1.165) is 25.7 Å². The van der Waals surface area contributed by atoms with Crippen molar-refractivity contribution in [2.75, 3.05) is 19.7 Å². The van der Waals surface area contributed by atoms with Crippen LogP contribution in [0.3, 0.4) is 0 Å². The SMILES string of the molecule is CCN(CC(=O)O)C1CC(NC(=O)NC(CO)C2CCCC2)C1. The van der Waals surface area contributed by atoms with E-state index in [9.17, 15) is 14.7 Å². The Bertz CT molecular complexity index is 406. The third-order valence-corrected chi connectivity index (χ3v) is 5.19. The summed E-state index contributed by atoms with van der Waals surface area (Å²) in [6, 6.07) is -0.0659. The van der Waals surface area contributed by atoms with Crippen molar-refractivity contribution in [3.8, 4) is 0 Å². The molecule has 0 radical (unpaired) electrons. The molecule has 1 unspecified atom stereocenters. The minimum atomic E-state index is -0.816. The monoisotopic (exact) mass is 327 g/mol. The van der Waals surface area contributed by atoms with E-state index in [2.05, 4.69) is 10.6 Å². The molecule has 7 heteroatoms. The van der Waals surface area contributed by atoms with Crippen LogP contribution in [0.2, 0.25) is 0 Å². The summed E-state index contributed by atoms with van der Waals surface area (Å²) < 4.78 is 0. The van der Waals surface area contributed by atoms with Gasteiger partial charge >= 0.3 is 12.0 Å². The molecule has 0 aromatic heterocycles. The van der Waals surface area contributed by atoms with Gasteiger partial charge in [-0.25, -0.2) is 4.79 Å². The normalized spacial score (nSPS) is 25.9. The number of hydrogen-bond acceptors (Lipinski definition) is 4. The van der Waals surface area contributed by atoms with Crippen LogP contribution in [0.15, 0.2) is 0 Å². The molecule has 0 aromatic carbocycles. The molecule has 0 spiro atoms. The van der Waals surface area contributed by atoms with Crippen LogP contribution in [0.5, 0.6) is 0 Å². The van der Waals surface area contributed by atoms with E-state index in [1.807, 2.05) is 11.8 Å². The summed E-state index contributed by atoms with van der Waals surface area (Å²) in [5.74, 6) is -0.436. The second-order valence-corrected chi connectivity index (χ2v) is 6.73. The molecule has 0 heterocycles. The van der Waals surface area contributed by atoms with Crippen LogP contribution < -0.4 is 10.6 Å². The molecule has 0 bridgehead atoms. The molecule has 2 aliphatic carbocycles. The predicted molar refractivity (Wildman–Crippen MR) is 86.2 cm³/mol. The number of carbonyl (C=O) groups excluding carboxylic acids is 1. The Balaban J connectivity index is 1.69. The number of nitrogens with one attached hydrogen (secondary N) is 2. The van der Waals surface area contributed by atoms with Crippen LogP contribution in [0.1, 0.15) is 45.4 Å². The van der Waals surface area contributed by atoms with Crippen molar-refractivity contribution in [1.29, 1.82) is 0 Å². The number of aliphatic hydroxyl groups excluding tert-OH is 1. The molecule has 2 rings (SSSR count). The van der Waals surface area contributed by atoms with E-state index < -0.39 is 5.97 Å². The molecule has 0 aliphatic heterocycles. The van der Waals surface area contributed by atoms with Crippen molar-refractivity contribution < 1.29 is 19.8 Å². The third kappa shape index (κ3) is 5.07. The van der Waals surface area contributed by atoms with Gasteiger partial charge in [0, 0.05) is 12.1 Å². The van der Waals surface area contributed by atoms with E-state index >= 15 is 0 Å². The minimum absolute atomic E-state index is 0.0202. The summed E-state index contributed by atoms with van der Waals surface area (Å²) in [5, 5.41) is 24.2. The number of urea groups is 1. The number of carboxylic acid groups (broad SMARTS) is 1. The average molecular weight is 327 g/mol. The van der Waals surface area contributed by atoms with Crippen molar-refractivity contribution in [3.63, 3.8) is 0 Å². The van der Waals surface area contributed by atoms with Gasteiger partial charge in [0.2, 0.25) is 0 Å². The molecular weight excluding hydrogens is 298 g/mol. The van der Waals surface area contributed by atoms with Crippen molar-refractivity contribution >= 4 is 12.0 Å². The first-order chi connectivity index (χ1) is 11.0. The third-order valence-electron chi connectivity index (χ3n) is 5.19. The number of carbonyl (C=O) groups is 2. The standard InChI is InChI=1S/C16H29N3O4/c1-2-19(9-15(21)22)13-7-12(8-13)17-16(23)18-14(10-20)11-5-3-4-6-11/h11-14,20H,2-10H2,1H3,(H,21,22)(H2,17,18,23). The number of likely N-dealkylation sites (N-methyl/N-ethyl adjacent to an activating group) is 1. The van der Waals surface area contributed by atoms with Crippen LogP contribution in [-0.2, 0) is 4.79 Å². The van der Waals surface area contributed by atoms with E-state index in [0.29, 0.717) is 12.5 Å². The van der Waals surface area contributed by atoms with Crippen molar-refractivity contribution in [2.24, 2.45) is 5.92 Å². The van der Waals surface area contributed by atoms with Crippen molar-refractivity contribution in [1.82, 2.24) is 15.5 Å². The van der Waals surface area contributed by atoms with Crippen LogP contribution >= 0.6 is 0 Å². The molecule has 2 aliphatic rings. The topological polar surface area (TPSA) is 102 Å². The Hall–Kier alpha value is -1.34. The first kappa shape index (κ1) is 18.0. The summed E-state index contributed by atoms with van der Waals surface area (Å²) in [5.41, 5.74) is 0. The second-order valence-electron chi connectivity index (χ2n) is 6.73. The molecule has 2 fully saturated rings. The zero-order chi connectivity index (χ0) is 16.8. The van der Waals surface area contributed by atoms with Gasteiger partial charge in [-0.1, -0.05) is 19.8 Å². The Labute approximate surface area is 137 Å². The fourth-order valence-corrected chi connectivity index (χ4v) is 3.74. The van der Waals surface area contributed by atoms with E-state index in [1.165, 1.54) is 12.8 Å². The maximum Gasteiger partial charge on any atom is 0.317 e. The lowest BCUT2D eigenvalue weighted by molar-refractivity contribution is -0.139. The molecule has 2 saturated carbocycles. The highest BCUT2D eigenvalue weighted by Crippen LogP contribution is 2.28. The Kier molecular flexibility index (Phi) is 6.65. The fourth-order valence-electron chi connectivity index (χ4n) is 3.74. The first-order valence-electron chi connectivity index (χ1n) is 8.67. The fraction of sp³-hybridized carbons (Fsp3) is 0.875. The highest BCUT2D eigenvalue weighted by Gasteiger charge is 2.35. The molecule has 7 nitrogen and oxygen atoms in total. The summed E-state index contributed by atoms with van der Waals surface area (Å²) in [6.07, 6.45) is 6.04. The molecule has 4 N–H and O–H groups in total. The Morgan fingerprint density at radius 2 is 1.91 bits per heavy atom. The average Bonchev–Trinajstić information content (AvgIpc) is 2.99. The maximum absolute atomic E-state index is 12.1. The van der Waals surface area contributed by atoms with Gasteiger partial charge in [-0.15, -0.1) is 0 Å². The lowest BCUT2D eigenvalue weighted by Gasteiger charge is -2.42. The van der Waals surface area contributed by atoms with Gasteiger partial charge in [0.15, 0.2) is 0 Å². The van der Waals surface area contributed by atoms with Gasteiger partial charge in [-0.3, -0.25) is 9.69 Å². The van der Waals surface area contributed by atoms with E-state index in [-0.39, 0.29) is 37.3 Å². The zero-order valence-corrected chi connectivity index (χ0v) is 13.8. The molecule has 1 atom stereocenters. The van der Waals surface area contributed by atoms with E-state index in [4.69, 9.17) is 5.11 Å². The van der Waals surface area contributed by atoms with Crippen molar-refractivity contribution in [3.05, 3.63) is 0 Å². The Morgan fingerprint density at radius 3 is 2.43 bits per heavy atom. The number of nitrogens with zero attached hydrogens (tertiary/aromatic N) is 1. The summed E-state index contributed by atoms with van der Waals surface area (Å²) in [7, 11) is 0. The lowest BCUT2D eigenvalue weighted by atomic mass is 9.85. The highest BCUT2D eigenvalue weighted by atomic mass is 16.4. The van der Waals surface area contributed by atoms with Gasteiger partial charge < -0.3 is 20.8 Å². The van der Waals surface area contributed by atoms with Gasteiger partial charge in [0.05, 0.1) is 19.2 Å². The number of aliphatic carboxylic acids is 1. The van der Waals surface area contributed by atoms with Gasteiger partial charge in [-0.05, 0) is 38.1 Å². The second kappa shape index (κ2) is 8.49. The number of hydrogen-bond donors (Lipinski definition) is 4. The quantitative estimate of drug-likeness (QED) is 0.527. The number of aliphatic hydroxyl groups is 1. The van der Waals surface area contributed by atoms with Crippen LogP contribution in [0, 0.1) is 5.92 Å². The van der Waals surface area contributed by atoms with Gasteiger partial charge in [0.25, 0.3) is 0 Å². The predicted octanol–water partition coefficient (Wildman–Crippen LogP) is 0.774. The molecule has 132 valence electrons. The smallest absolute Gasteiger partial charge is 0.317 e. The molecule has 0 saturated heterocycles. The summed E-state index contributed by atoms with van der Waals surface area (Å²) in [6.45, 7) is 2.68. The van der Waals surface area contributed by atoms with Gasteiger partial charge in [0.1, 0.15) is 0 Å². The number of carboxylic acids is 1. The van der Waals surface area contributed by atoms with Crippen molar-refractivity contribution in [2.45, 2.75) is 63.6 Å². The zero-order valence-electron chi connectivity index (χ0n) is 13.8. The Morgan fingerprint density at radius 1 is 1.26 bits per heavy atom.